The van der Waals surface area contributed by atoms with Crippen LogP contribution in [0.3, 0.4) is 0 Å². The molecule has 1 N–H and O–H groups in total. The van der Waals surface area contributed by atoms with Crippen LogP contribution in [-0.2, 0) is 9.59 Å². The monoisotopic (exact) mass is 241 g/mol. The van der Waals surface area contributed by atoms with Crippen LogP contribution in [-0.4, -0.2) is 33.7 Å². The highest BCUT2D eigenvalue weighted by atomic mass is 32.2. The lowest BCUT2D eigenvalue weighted by Crippen LogP contribution is -2.54. The molecule has 88 valence electrons. The molecular formula is C11H15NO3S. The number of amides is 1. The van der Waals surface area contributed by atoms with Crippen molar-refractivity contribution in [3.8, 4) is 0 Å². The van der Waals surface area contributed by atoms with Crippen LogP contribution in [0.1, 0.15) is 27.2 Å². The highest BCUT2D eigenvalue weighted by Crippen LogP contribution is 2.54. The van der Waals surface area contributed by atoms with Gasteiger partial charge in [-0.1, -0.05) is 20.8 Å². The van der Waals surface area contributed by atoms with Crippen molar-refractivity contribution in [2.24, 2.45) is 5.41 Å². The topological polar surface area (TPSA) is 57.6 Å². The first-order valence-corrected chi connectivity index (χ1v) is 6.32. The Labute approximate surface area is 98.7 Å². The maximum Gasteiger partial charge on any atom is 0.353 e. The number of rotatable bonds is 3. The lowest BCUT2D eigenvalue weighted by atomic mass is 9.80. The minimum Gasteiger partial charge on any atom is -0.477 e. The first kappa shape index (κ1) is 11.5. The zero-order chi connectivity index (χ0) is 12.1. The van der Waals surface area contributed by atoms with Gasteiger partial charge in [0.1, 0.15) is 5.70 Å². The Balaban J connectivity index is 2.48. The van der Waals surface area contributed by atoms with E-state index >= 15 is 0 Å². The molecule has 2 rings (SSSR count). The SMILES string of the molecule is CCSC1=C(C(=O)O)N2C(=O)CC2C1(C)C. The summed E-state index contributed by atoms with van der Waals surface area (Å²) in [5, 5.41) is 9.22. The van der Waals surface area contributed by atoms with Crippen LogP contribution in [0, 0.1) is 5.41 Å². The number of carbonyl (C=O) groups is 2. The van der Waals surface area contributed by atoms with Gasteiger partial charge in [0.05, 0.1) is 6.04 Å². The smallest absolute Gasteiger partial charge is 0.353 e. The molecule has 0 saturated carbocycles. The van der Waals surface area contributed by atoms with Gasteiger partial charge in [-0.3, -0.25) is 4.79 Å². The predicted molar refractivity (Wildman–Crippen MR) is 61.8 cm³/mol. The van der Waals surface area contributed by atoms with E-state index in [0.717, 1.165) is 10.7 Å². The lowest BCUT2D eigenvalue weighted by Gasteiger charge is -2.41. The van der Waals surface area contributed by atoms with Gasteiger partial charge in [-0.05, 0) is 5.75 Å². The van der Waals surface area contributed by atoms with Gasteiger partial charge < -0.3 is 10.0 Å². The molecule has 2 aliphatic rings. The number of fused-ring (bicyclic) bond motifs is 1. The van der Waals surface area contributed by atoms with E-state index in [1.807, 2.05) is 20.8 Å². The number of thioether (sulfide) groups is 1. The van der Waals surface area contributed by atoms with E-state index in [0.29, 0.717) is 6.42 Å². The second-order valence-electron chi connectivity index (χ2n) is 4.62. The highest BCUT2D eigenvalue weighted by molar-refractivity contribution is 8.03. The van der Waals surface area contributed by atoms with E-state index in [1.165, 1.54) is 16.7 Å². The standard InChI is InChI=1S/C11H15NO3S/c1-4-16-9-8(10(14)15)12-6(5-7(12)13)11(9,2)3/h6H,4-5H2,1-3H3,(H,14,15). The zero-order valence-corrected chi connectivity index (χ0v) is 10.4. The van der Waals surface area contributed by atoms with Crippen LogP contribution in [0.25, 0.3) is 0 Å². The third kappa shape index (κ3) is 1.30. The highest BCUT2D eigenvalue weighted by Gasteiger charge is 2.57. The van der Waals surface area contributed by atoms with Gasteiger partial charge in [0.15, 0.2) is 0 Å². The molecule has 1 saturated heterocycles. The molecule has 0 aromatic heterocycles. The molecule has 1 fully saturated rings. The fraction of sp³-hybridized carbons (Fsp3) is 0.636. The van der Waals surface area contributed by atoms with Crippen LogP contribution >= 0.6 is 11.8 Å². The third-order valence-corrected chi connectivity index (χ3v) is 4.61. The molecule has 0 spiro atoms. The second-order valence-corrected chi connectivity index (χ2v) is 5.90. The summed E-state index contributed by atoms with van der Waals surface area (Å²) in [6, 6.07) is 0.0418. The van der Waals surface area contributed by atoms with Crippen molar-refractivity contribution >= 4 is 23.6 Å². The summed E-state index contributed by atoms with van der Waals surface area (Å²) in [4.78, 5) is 25.0. The fourth-order valence-corrected chi connectivity index (χ4v) is 3.56. The Morgan fingerprint density at radius 3 is 2.69 bits per heavy atom. The van der Waals surface area contributed by atoms with Crippen LogP contribution in [0.5, 0.6) is 0 Å². The summed E-state index contributed by atoms with van der Waals surface area (Å²) in [5.74, 6) is -0.230. The first-order valence-electron chi connectivity index (χ1n) is 5.34. The molecule has 2 heterocycles. The molecule has 1 unspecified atom stereocenters. The Morgan fingerprint density at radius 1 is 1.62 bits per heavy atom. The summed E-state index contributed by atoms with van der Waals surface area (Å²) in [6.07, 6.45) is 0.470. The Morgan fingerprint density at radius 2 is 2.25 bits per heavy atom. The van der Waals surface area contributed by atoms with Crippen molar-refractivity contribution in [1.82, 2.24) is 4.90 Å². The van der Waals surface area contributed by atoms with Crippen LogP contribution in [0.15, 0.2) is 10.6 Å². The van der Waals surface area contributed by atoms with Crippen molar-refractivity contribution in [2.45, 2.75) is 33.2 Å². The van der Waals surface area contributed by atoms with Crippen LogP contribution < -0.4 is 0 Å². The summed E-state index contributed by atoms with van der Waals surface area (Å²) >= 11 is 1.54. The van der Waals surface area contributed by atoms with Gasteiger partial charge in [0.2, 0.25) is 5.91 Å². The van der Waals surface area contributed by atoms with Crippen LogP contribution in [0.2, 0.25) is 0 Å². The van der Waals surface area contributed by atoms with E-state index in [4.69, 9.17) is 0 Å². The Hall–Kier alpha value is -0.970. The van der Waals surface area contributed by atoms with Crippen molar-refractivity contribution in [3.05, 3.63) is 10.6 Å². The number of nitrogens with zero attached hydrogens (tertiary/aromatic N) is 1. The molecule has 4 nitrogen and oxygen atoms in total. The van der Waals surface area contributed by atoms with E-state index < -0.39 is 5.97 Å². The number of hydrogen-bond acceptors (Lipinski definition) is 3. The van der Waals surface area contributed by atoms with E-state index in [1.54, 1.807) is 0 Å². The van der Waals surface area contributed by atoms with E-state index in [9.17, 15) is 14.7 Å². The normalized spacial score (nSPS) is 26.8. The quantitative estimate of drug-likeness (QED) is 0.764. The average Bonchev–Trinajstić information content (AvgIpc) is 2.34. The van der Waals surface area contributed by atoms with Crippen molar-refractivity contribution in [2.75, 3.05) is 5.75 Å². The molecule has 0 radical (unpaired) electrons. The van der Waals surface area contributed by atoms with Gasteiger partial charge in [-0.2, -0.15) is 0 Å². The summed E-state index contributed by atoms with van der Waals surface area (Å²) in [6.45, 7) is 6.03. The van der Waals surface area contributed by atoms with Crippen molar-refractivity contribution < 1.29 is 14.7 Å². The van der Waals surface area contributed by atoms with Gasteiger partial charge in [-0.15, -0.1) is 11.8 Å². The summed E-state index contributed by atoms with van der Waals surface area (Å²) in [5.41, 5.74) is -0.0134. The number of carboxylic acid groups (broad SMARTS) is 1. The summed E-state index contributed by atoms with van der Waals surface area (Å²) in [7, 11) is 0. The number of β-lactam (4-membered cyclic amide) rings is 1. The maximum absolute atomic E-state index is 11.5. The average molecular weight is 241 g/mol. The van der Waals surface area contributed by atoms with Gasteiger partial charge in [0.25, 0.3) is 0 Å². The molecule has 0 aromatic rings. The van der Waals surface area contributed by atoms with E-state index in [2.05, 4.69) is 0 Å². The molecule has 5 heteroatoms. The summed E-state index contributed by atoms with van der Waals surface area (Å²) < 4.78 is 0. The number of hydrogen-bond donors (Lipinski definition) is 1. The third-order valence-electron chi connectivity index (χ3n) is 3.31. The predicted octanol–water partition coefficient (Wildman–Crippen LogP) is 1.68. The number of carbonyl (C=O) groups excluding carboxylic acids is 1. The lowest BCUT2D eigenvalue weighted by molar-refractivity contribution is -0.149. The molecule has 0 bridgehead atoms. The second kappa shape index (κ2) is 3.52. The minimum atomic E-state index is -0.987. The number of aliphatic carboxylic acids is 1. The first-order chi connectivity index (χ1) is 7.41. The Bertz CT molecular complexity index is 400. The largest absolute Gasteiger partial charge is 0.477 e. The molecular weight excluding hydrogens is 226 g/mol. The van der Waals surface area contributed by atoms with Crippen molar-refractivity contribution in [1.29, 1.82) is 0 Å². The maximum atomic E-state index is 11.5. The molecule has 2 aliphatic heterocycles. The molecule has 1 amide bonds. The Kier molecular flexibility index (Phi) is 2.53. The van der Waals surface area contributed by atoms with Crippen molar-refractivity contribution in [3.63, 3.8) is 0 Å². The molecule has 16 heavy (non-hydrogen) atoms. The van der Waals surface area contributed by atoms with E-state index in [-0.39, 0.29) is 23.1 Å². The fourth-order valence-electron chi connectivity index (χ4n) is 2.44. The minimum absolute atomic E-state index is 0.0418. The zero-order valence-electron chi connectivity index (χ0n) is 9.61. The van der Waals surface area contributed by atoms with Gasteiger partial charge in [-0.25, -0.2) is 4.79 Å². The van der Waals surface area contributed by atoms with Gasteiger partial charge in [0, 0.05) is 16.7 Å². The van der Waals surface area contributed by atoms with Crippen LogP contribution in [0.4, 0.5) is 0 Å². The molecule has 0 aromatic carbocycles. The molecule has 0 aliphatic carbocycles. The number of carboxylic acids is 1. The van der Waals surface area contributed by atoms with Gasteiger partial charge >= 0.3 is 5.97 Å². The molecule has 1 atom stereocenters.